The van der Waals surface area contributed by atoms with Crippen molar-refractivity contribution in [2.75, 3.05) is 0 Å². The maximum Gasteiger partial charge on any atom is 0.0535 e. The van der Waals surface area contributed by atoms with Gasteiger partial charge in [0.25, 0.3) is 0 Å². The molecule has 58 heavy (non-hydrogen) atoms. The Kier molecular flexibility index (Phi) is 9.12. The van der Waals surface area contributed by atoms with Crippen LogP contribution in [0.5, 0.6) is 0 Å². The standard InChI is InChI=1S/C57H43N/c1-3-4-23-48-39(2)55(42-17-7-5-8-18-42)51-26-15-16-27-52(51)56(48)43-32-28-40(29-33-43)53-36-37-54(58(53)47-21-9-6-10-22-47)41-30-34-44(35-31-41)57-49-24-13-11-19-45(49)38-46-20-12-14-25-50(46)57/h4-38H,3H2,1-2H3/b23-4-. The maximum atomic E-state index is 2.40. The molecule has 0 aliphatic rings. The zero-order chi connectivity index (χ0) is 39.0. The van der Waals surface area contributed by atoms with Gasteiger partial charge in [0, 0.05) is 5.69 Å². The first kappa shape index (κ1) is 35.2. The number of hydrogen-bond acceptors (Lipinski definition) is 0. The number of benzene rings is 9. The van der Waals surface area contributed by atoms with Crippen molar-refractivity contribution in [3.05, 3.63) is 217 Å². The molecule has 0 radical (unpaired) electrons. The van der Waals surface area contributed by atoms with Crippen molar-refractivity contribution < 1.29 is 0 Å². The minimum absolute atomic E-state index is 0.979. The highest BCUT2D eigenvalue weighted by Crippen LogP contribution is 2.44. The van der Waals surface area contributed by atoms with Crippen LogP contribution >= 0.6 is 0 Å². The van der Waals surface area contributed by atoms with Crippen LogP contribution in [0.3, 0.4) is 0 Å². The molecule has 10 rings (SSSR count). The molecule has 0 spiro atoms. The molecule has 0 fully saturated rings. The lowest BCUT2D eigenvalue weighted by Gasteiger charge is -2.20. The number of para-hydroxylation sites is 1. The molecule has 0 aliphatic heterocycles. The van der Waals surface area contributed by atoms with Gasteiger partial charge in [-0.05, 0) is 132 Å². The molecule has 1 aromatic heterocycles. The topological polar surface area (TPSA) is 4.93 Å². The van der Waals surface area contributed by atoms with Crippen LogP contribution in [0.25, 0.3) is 100.0 Å². The Labute approximate surface area is 340 Å². The molecule has 10 aromatic rings. The molecule has 0 amide bonds. The van der Waals surface area contributed by atoms with Crippen LogP contribution in [0.1, 0.15) is 24.5 Å². The van der Waals surface area contributed by atoms with E-state index in [9.17, 15) is 0 Å². The van der Waals surface area contributed by atoms with Gasteiger partial charge >= 0.3 is 0 Å². The van der Waals surface area contributed by atoms with Gasteiger partial charge in [-0.3, -0.25) is 0 Å². The predicted molar refractivity (Wildman–Crippen MR) is 250 cm³/mol. The molecule has 1 nitrogen and oxygen atoms in total. The zero-order valence-corrected chi connectivity index (χ0v) is 32.9. The summed E-state index contributed by atoms with van der Waals surface area (Å²) in [5.41, 5.74) is 15.9. The number of nitrogens with zero attached hydrogens (tertiary/aromatic N) is 1. The lowest BCUT2D eigenvalue weighted by Crippen LogP contribution is -1.99. The smallest absolute Gasteiger partial charge is 0.0535 e. The third kappa shape index (κ3) is 6.13. The van der Waals surface area contributed by atoms with E-state index in [0.29, 0.717) is 0 Å². The number of fused-ring (bicyclic) bond motifs is 3. The first-order valence-corrected chi connectivity index (χ1v) is 20.3. The van der Waals surface area contributed by atoms with Crippen molar-refractivity contribution in [2.45, 2.75) is 20.3 Å². The molecule has 0 N–H and O–H groups in total. The first-order valence-electron chi connectivity index (χ1n) is 20.3. The van der Waals surface area contributed by atoms with Crippen molar-refractivity contribution >= 4 is 38.4 Å². The quantitative estimate of drug-likeness (QED) is 0.137. The minimum atomic E-state index is 0.979. The van der Waals surface area contributed by atoms with Crippen LogP contribution in [0, 0.1) is 6.92 Å². The van der Waals surface area contributed by atoms with Gasteiger partial charge in [0.1, 0.15) is 0 Å². The van der Waals surface area contributed by atoms with Crippen molar-refractivity contribution in [1.82, 2.24) is 4.57 Å². The summed E-state index contributed by atoms with van der Waals surface area (Å²) in [4.78, 5) is 0. The fourth-order valence-electron chi connectivity index (χ4n) is 9.00. The molecule has 9 aromatic carbocycles. The molecule has 1 heteroatoms. The van der Waals surface area contributed by atoms with E-state index < -0.39 is 0 Å². The average Bonchev–Trinajstić information content (AvgIpc) is 3.73. The molecule has 1 heterocycles. The van der Waals surface area contributed by atoms with Gasteiger partial charge in [-0.25, -0.2) is 0 Å². The summed E-state index contributed by atoms with van der Waals surface area (Å²) in [6.45, 7) is 4.49. The normalized spacial score (nSPS) is 11.6. The van der Waals surface area contributed by atoms with E-state index in [1.165, 1.54) is 88.0 Å². The van der Waals surface area contributed by atoms with Crippen LogP contribution in [-0.2, 0) is 0 Å². The SMILES string of the molecule is CC/C=C\c1c(C)c(-c2ccccc2)c2ccccc2c1-c1ccc(-c2ccc(-c3ccc(-c4c5ccccc5cc5ccccc45)cc3)n2-c2ccccc2)cc1. The second-order valence-electron chi connectivity index (χ2n) is 15.1. The summed E-state index contributed by atoms with van der Waals surface area (Å²) in [5, 5.41) is 7.61. The molecule has 0 aliphatic carbocycles. The Morgan fingerprint density at radius 3 is 1.38 bits per heavy atom. The van der Waals surface area contributed by atoms with Gasteiger partial charge in [0.15, 0.2) is 0 Å². The predicted octanol–water partition coefficient (Wildman–Crippen LogP) is 16.0. The Balaban J connectivity index is 1.08. The van der Waals surface area contributed by atoms with E-state index in [1.54, 1.807) is 0 Å². The lowest BCUT2D eigenvalue weighted by atomic mass is 9.83. The second-order valence-corrected chi connectivity index (χ2v) is 15.1. The largest absolute Gasteiger partial charge is 0.309 e. The molecule has 0 bridgehead atoms. The van der Waals surface area contributed by atoms with Crippen molar-refractivity contribution in [1.29, 1.82) is 0 Å². The van der Waals surface area contributed by atoms with Gasteiger partial charge in [-0.1, -0.05) is 189 Å². The van der Waals surface area contributed by atoms with Crippen LogP contribution in [-0.4, -0.2) is 4.57 Å². The Morgan fingerprint density at radius 1 is 0.397 bits per heavy atom. The van der Waals surface area contributed by atoms with E-state index in [1.807, 2.05) is 0 Å². The summed E-state index contributed by atoms with van der Waals surface area (Å²) < 4.78 is 2.40. The van der Waals surface area contributed by atoms with E-state index >= 15 is 0 Å². The fourth-order valence-corrected chi connectivity index (χ4v) is 9.00. The second kappa shape index (κ2) is 15.0. The van der Waals surface area contributed by atoms with Crippen LogP contribution in [0.2, 0.25) is 0 Å². The third-order valence-corrected chi connectivity index (χ3v) is 11.7. The molecule has 0 atom stereocenters. The Morgan fingerprint density at radius 2 is 0.828 bits per heavy atom. The summed E-state index contributed by atoms with van der Waals surface area (Å²) in [5.74, 6) is 0. The van der Waals surface area contributed by atoms with Crippen LogP contribution < -0.4 is 0 Å². The van der Waals surface area contributed by atoms with E-state index in [0.717, 1.165) is 23.5 Å². The molecule has 276 valence electrons. The molecular formula is C57H43N. The first-order chi connectivity index (χ1) is 28.7. The summed E-state index contributed by atoms with van der Waals surface area (Å²) >= 11 is 0. The maximum absolute atomic E-state index is 2.40. The van der Waals surface area contributed by atoms with E-state index in [4.69, 9.17) is 0 Å². The Bertz CT molecular complexity index is 3060. The van der Waals surface area contributed by atoms with Crippen molar-refractivity contribution in [3.8, 4) is 61.6 Å². The third-order valence-electron chi connectivity index (χ3n) is 11.7. The van der Waals surface area contributed by atoms with Gasteiger partial charge in [0.05, 0.1) is 11.4 Å². The monoisotopic (exact) mass is 741 g/mol. The number of rotatable bonds is 8. The molecule has 0 saturated carbocycles. The number of aromatic nitrogens is 1. The summed E-state index contributed by atoms with van der Waals surface area (Å²) in [7, 11) is 0. The lowest BCUT2D eigenvalue weighted by molar-refractivity contribution is 1.09. The summed E-state index contributed by atoms with van der Waals surface area (Å²) in [6.07, 6.45) is 5.60. The zero-order valence-electron chi connectivity index (χ0n) is 32.9. The molecule has 0 saturated heterocycles. The molecular weight excluding hydrogens is 699 g/mol. The Hall–Kier alpha value is -7.22. The average molecular weight is 742 g/mol. The van der Waals surface area contributed by atoms with E-state index in [-0.39, 0.29) is 0 Å². The van der Waals surface area contributed by atoms with Gasteiger partial charge in [-0.15, -0.1) is 0 Å². The molecule has 0 unspecified atom stereocenters. The van der Waals surface area contributed by atoms with Crippen molar-refractivity contribution in [2.24, 2.45) is 0 Å². The minimum Gasteiger partial charge on any atom is -0.309 e. The summed E-state index contributed by atoms with van der Waals surface area (Å²) in [6, 6.07) is 73.1. The highest BCUT2D eigenvalue weighted by molar-refractivity contribution is 6.13. The van der Waals surface area contributed by atoms with Crippen LogP contribution in [0.4, 0.5) is 0 Å². The van der Waals surface area contributed by atoms with Gasteiger partial charge in [-0.2, -0.15) is 0 Å². The highest BCUT2D eigenvalue weighted by atomic mass is 15.0. The van der Waals surface area contributed by atoms with E-state index in [2.05, 4.69) is 231 Å². The van der Waals surface area contributed by atoms with Crippen molar-refractivity contribution in [3.63, 3.8) is 0 Å². The fraction of sp³-hybridized carbons (Fsp3) is 0.0526. The van der Waals surface area contributed by atoms with Crippen LogP contribution in [0.15, 0.2) is 206 Å². The highest BCUT2D eigenvalue weighted by Gasteiger charge is 2.19. The van der Waals surface area contributed by atoms with Gasteiger partial charge in [0.2, 0.25) is 0 Å². The number of hydrogen-bond donors (Lipinski definition) is 0. The van der Waals surface area contributed by atoms with Gasteiger partial charge < -0.3 is 4.57 Å². The number of allylic oxidation sites excluding steroid dienone is 1.